The Labute approximate surface area is 109 Å². The van der Waals surface area contributed by atoms with Crippen molar-refractivity contribution in [3.63, 3.8) is 0 Å². The maximum absolute atomic E-state index is 10.5. The normalized spacial score (nSPS) is 10.5. The molecular formula is C13H11N3O3. The van der Waals surface area contributed by atoms with Gasteiger partial charge in [-0.05, 0) is 24.3 Å². The van der Waals surface area contributed by atoms with Gasteiger partial charge in [0.25, 0.3) is 5.69 Å². The zero-order chi connectivity index (χ0) is 13.7. The quantitative estimate of drug-likeness (QED) is 0.500. The highest BCUT2D eigenvalue weighted by molar-refractivity contribution is 5.83. The Kier molecular flexibility index (Phi) is 3.72. The van der Waals surface area contributed by atoms with Gasteiger partial charge in [-0.15, -0.1) is 0 Å². The molecule has 2 rings (SSSR count). The van der Waals surface area contributed by atoms with Crippen LogP contribution in [0, 0.1) is 10.1 Å². The van der Waals surface area contributed by atoms with Crippen molar-refractivity contribution in [2.75, 3.05) is 5.43 Å². The van der Waals surface area contributed by atoms with E-state index in [0.717, 1.165) is 0 Å². The lowest BCUT2D eigenvalue weighted by Crippen LogP contribution is -1.92. The van der Waals surface area contributed by atoms with Crippen molar-refractivity contribution in [1.29, 1.82) is 0 Å². The molecule has 0 aliphatic carbocycles. The predicted molar refractivity (Wildman–Crippen MR) is 72.4 cm³/mol. The van der Waals surface area contributed by atoms with Crippen LogP contribution in [0.2, 0.25) is 0 Å². The monoisotopic (exact) mass is 257 g/mol. The molecule has 0 bridgehead atoms. The van der Waals surface area contributed by atoms with E-state index in [1.165, 1.54) is 18.3 Å². The zero-order valence-corrected chi connectivity index (χ0v) is 9.85. The second kappa shape index (κ2) is 5.63. The van der Waals surface area contributed by atoms with Crippen LogP contribution in [0.25, 0.3) is 0 Å². The summed E-state index contributed by atoms with van der Waals surface area (Å²) < 4.78 is 0. The second-order valence-electron chi connectivity index (χ2n) is 3.73. The minimum atomic E-state index is -0.463. The summed E-state index contributed by atoms with van der Waals surface area (Å²) in [4.78, 5) is 10.0. The molecule has 96 valence electrons. The number of aromatic hydroxyl groups is 1. The predicted octanol–water partition coefficient (Wildman–Crippen LogP) is 2.75. The molecule has 2 aromatic carbocycles. The molecule has 0 atom stereocenters. The number of hydrogen-bond donors (Lipinski definition) is 2. The van der Waals surface area contributed by atoms with Crippen LogP contribution in [0.1, 0.15) is 5.56 Å². The number of nitro benzene ring substituents is 1. The average molecular weight is 257 g/mol. The Hall–Kier alpha value is -2.89. The van der Waals surface area contributed by atoms with E-state index in [2.05, 4.69) is 10.5 Å². The van der Waals surface area contributed by atoms with Crippen molar-refractivity contribution < 1.29 is 10.0 Å². The van der Waals surface area contributed by atoms with E-state index in [1.807, 2.05) is 0 Å². The first-order chi connectivity index (χ1) is 9.16. The second-order valence-corrected chi connectivity index (χ2v) is 3.73. The number of phenolic OH excluding ortho intramolecular Hbond substituents is 1. The van der Waals surface area contributed by atoms with Gasteiger partial charge in [0.1, 0.15) is 5.75 Å². The number of rotatable bonds is 4. The van der Waals surface area contributed by atoms with Gasteiger partial charge in [0.05, 0.1) is 16.8 Å². The first kappa shape index (κ1) is 12.6. The zero-order valence-electron chi connectivity index (χ0n) is 9.85. The number of anilines is 1. The molecule has 0 radical (unpaired) electrons. The molecule has 0 saturated carbocycles. The van der Waals surface area contributed by atoms with Crippen LogP contribution in [-0.4, -0.2) is 16.2 Å². The maximum Gasteiger partial charge on any atom is 0.269 e. The molecule has 2 aromatic rings. The molecule has 0 aliphatic heterocycles. The van der Waals surface area contributed by atoms with Crippen LogP contribution in [0.15, 0.2) is 53.6 Å². The Balaban J connectivity index is 2.03. The van der Waals surface area contributed by atoms with E-state index in [4.69, 9.17) is 0 Å². The van der Waals surface area contributed by atoms with Gasteiger partial charge in [0, 0.05) is 17.7 Å². The van der Waals surface area contributed by atoms with Gasteiger partial charge < -0.3 is 5.11 Å². The van der Waals surface area contributed by atoms with Gasteiger partial charge in [-0.2, -0.15) is 5.10 Å². The fourth-order valence-electron chi connectivity index (χ4n) is 1.43. The third kappa shape index (κ3) is 3.29. The van der Waals surface area contributed by atoms with Gasteiger partial charge in [0.2, 0.25) is 0 Å². The van der Waals surface area contributed by atoms with Crippen LogP contribution in [0.5, 0.6) is 5.75 Å². The number of non-ortho nitro benzene ring substituents is 1. The van der Waals surface area contributed by atoms with Gasteiger partial charge in [-0.3, -0.25) is 15.5 Å². The van der Waals surface area contributed by atoms with Gasteiger partial charge in [-0.25, -0.2) is 0 Å². The van der Waals surface area contributed by atoms with Crippen molar-refractivity contribution in [3.05, 3.63) is 64.2 Å². The van der Waals surface area contributed by atoms with Crippen molar-refractivity contribution in [2.45, 2.75) is 0 Å². The van der Waals surface area contributed by atoms with Crippen LogP contribution >= 0.6 is 0 Å². The fourth-order valence-corrected chi connectivity index (χ4v) is 1.43. The number of nitrogens with zero attached hydrogens (tertiary/aromatic N) is 2. The molecule has 0 aliphatic rings. The summed E-state index contributed by atoms with van der Waals surface area (Å²) >= 11 is 0. The molecule has 0 fully saturated rings. The molecule has 0 saturated heterocycles. The number of benzene rings is 2. The highest BCUT2D eigenvalue weighted by Crippen LogP contribution is 2.16. The fraction of sp³-hybridized carbons (Fsp3) is 0. The van der Waals surface area contributed by atoms with E-state index < -0.39 is 4.92 Å². The maximum atomic E-state index is 10.5. The summed E-state index contributed by atoms with van der Waals surface area (Å²) in [6.45, 7) is 0. The van der Waals surface area contributed by atoms with E-state index in [0.29, 0.717) is 11.3 Å². The minimum absolute atomic E-state index is 0.0234. The first-order valence-electron chi connectivity index (χ1n) is 5.48. The van der Waals surface area contributed by atoms with E-state index >= 15 is 0 Å². The summed E-state index contributed by atoms with van der Waals surface area (Å²) in [7, 11) is 0. The third-order valence-corrected chi connectivity index (χ3v) is 2.41. The molecule has 0 aromatic heterocycles. The molecule has 6 heteroatoms. The number of nitrogens with one attached hydrogen (secondary N) is 1. The van der Waals surface area contributed by atoms with Crippen molar-refractivity contribution in [2.24, 2.45) is 5.10 Å². The number of hydrogen-bond acceptors (Lipinski definition) is 5. The third-order valence-electron chi connectivity index (χ3n) is 2.41. The molecule has 2 N–H and O–H groups in total. The lowest BCUT2D eigenvalue weighted by Gasteiger charge is -2.00. The van der Waals surface area contributed by atoms with E-state index in [1.54, 1.807) is 36.4 Å². The topological polar surface area (TPSA) is 87.8 Å². The molecular weight excluding hydrogens is 246 g/mol. The van der Waals surface area contributed by atoms with Gasteiger partial charge >= 0.3 is 0 Å². The summed E-state index contributed by atoms with van der Waals surface area (Å²) in [5.74, 6) is 0.136. The van der Waals surface area contributed by atoms with Crippen LogP contribution < -0.4 is 5.43 Å². The van der Waals surface area contributed by atoms with Crippen LogP contribution in [-0.2, 0) is 0 Å². The largest absolute Gasteiger partial charge is 0.507 e. The smallest absolute Gasteiger partial charge is 0.269 e. The van der Waals surface area contributed by atoms with E-state index in [-0.39, 0.29) is 11.4 Å². The number of nitro groups is 1. The average Bonchev–Trinajstić information content (AvgIpc) is 2.41. The molecule has 6 nitrogen and oxygen atoms in total. The first-order valence-corrected chi connectivity index (χ1v) is 5.48. The highest BCUT2D eigenvalue weighted by atomic mass is 16.6. The number of para-hydroxylation sites is 1. The van der Waals surface area contributed by atoms with Crippen molar-refractivity contribution >= 4 is 17.6 Å². The molecule has 0 amide bonds. The summed E-state index contributed by atoms with van der Waals surface area (Å²) in [6, 6.07) is 12.7. The molecule has 0 heterocycles. The lowest BCUT2D eigenvalue weighted by molar-refractivity contribution is -0.384. The Bertz CT molecular complexity index is 609. The SMILES string of the molecule is O=[N+]([O-])c1ccc(N/N=C/c2ccccc2O)cc1. The molecule has 0 unspecified atom stereocenters. The van der Waals surface area contributed by atoms with Crippen molar-refractivity contribution in [1.82, 2.24) is 0 Å². The Morgan fingerprint density at radius 3 is 2.47 bits per heavy atom. The Morgan fingerprint density at radius 2 is 1.84 bits per heavy atom. The number of hydrazone groups is 1. The van der Waals surface area contributed by atoms with Crippen LogP contribution in [0.4, 0.5) is 11.4 Å². The standard InChI is InChI=1S/C13H11N3O3/c17-13-4-2-1-3-10(13)9-14-15-11-5-7-12(8-6-11)16(18)19/h1-9,15,17H/b14-9+. The van der Waals surface area contributed by atoms with Gasteiger partial charge in [0.15, 0.2) is 0 Å². The summed E-state index contributed by atoms with van der Waals surface area (Å²) in [5.41, 5.74) is 3.95. The van der Waals surface area contributed by atoms with Crippen molar-refractivity contribution in [3.8, 4) is 5.75 Å². The number of phenols is 1. The lowest BCUT2D eigenvalue weighted by atomic mass is 10.2. The van der Waals surface area contributed by atoms with E-state index in [9.17, 15) is 15.2 Å². The molecule has 0 spiro atoms. The molecule has 19 heavy (non-hydrogen) atoms. The van der Waals surface area contributed by atoms with Gasteiger partial charge in [-0.1, -0.05) is 12.1 Å². The van der Waals surface area contributed by atoms with Crippen LogP contribution in [0.3, 0.4) is 0 Å². The highest BCUT2D eigenvalue weighted by Gasteiger charge is 2.02. The summed E-state index contributed by atoms with van der Waals surface area (Å²) in [5, 5.41) is 23.9. The summed E-state index contributed by atoms with van der Waals surface area (Å²) in [6.07, 6.45) is 1.47. The Morgan fingerprint density at radius 1 is 1.16 bits per heavy atom. The minimum Gasteiger partial charge on any atom is -0.507 e.